The van der Waals surface area contributed by atoms with Gasteiger partial charge in [0.05, 0.1) is 12.8 Å². The van der Waals surface area contributed by atoms with E-state index in [9.17, 15) is 9.59 Å². The summed E-state index contributed by atoms with van der Waals surface area (Å²) >= 11 is 0. The van der Waals surface area contributed by atoms with Crippen LogP contribution in [0.25, 0.3) is 10.9 Å². The molecule has 0 radical (unpaired) electrons. The third-order valence-electron chi connectivity index (χ3n) is 8.00. The molecule has 0 spiro atoms. The van der Waals surface area contributed by atoms with Crippen molar-refractivity contribution in [2.24, 2.45) is 23.7 Å². The fourth-order valence-electron chi connectivity index (χ4n) is 7.00. The number of benzene rings is 1. The highest BCUT2D eigenvalue weighted by atomic mass is 16.6. The maximum Gasteiger partial charge on any atom is 0.306 e. The minimum Gasteiger partial charge on any atom is -0.489 e. The van der Waals surface area contributed by atoms with Crippen LogP contribution >= 0.6 is 0 Å². The Balaban J connectivity index is 1.26. The molecule has 0 saturated heterocycles. The molecule has 2 N–H and O–H groups in total. The molecule has 1 aromatic carbocycles. The number of H-pyrrole nitrogens is 1. The Morgan fingerprint density at radius 2 is 1.82 bits per heavy atom. The van der Waals surface area contributed by atoms with Gasteiger partial charge in [0.2, 0.25) is 0 Å². The molecule has 4 aliphatic rings. The fraction of sp³-hybridized carbons (Fsp3) is 0.615. The molecular formula is C26H34N2O5. The van der Waals surface area contributed by atoms with Crippen LogP contribution in [-0.2, 0) is 14.3 Å². The van der Waals surface area contributed by atoms with Gasteiger partial charge >= 0.3 is 11.9 Å². The van der Waals surface area contributed by atoms with E-state index >= 15 is 0 Å². The van der Waals surface area contributed by atoms with Crippen LogP contribution < -0.4 is 4.74 Å². The molecular weight excluding hydrogens is 420 g/mol. The van der Waals surface area contributed by atoms with Crippen molar-refractivity contribution in [1.29, 1.82) is 0 Å². The lowest BCUT2D eigenvalue weighted by atomic mass is 9.54. The Labute approximate surface area is 194 Å². The number of carbonyl (C=O) groups is 2. The molecule has 7 nitrogen and oxygen atoms in total. The van der Waals surface area contributed by atoms with Gasteiger partial charge in [0.1, 0.15) is 18.5 Å². The smallest absolute Gasteiger partial charge is 0.306 e. The average Bonchev–Trinajstić information content (AvgIpc) is 3.25. The van der Waals surface area contributed by atoms with Gasteiger partial charge in [-0.25, -0.2) is 0 Å². The maximum atomic E-state index is 12.4. The molecule has 1 atom stereocenters. The van der Waals surface area contributed by atoms with Crippen LogP contribution in [0, 0.1) is 23.7 Å². The SMILES string of the molecule is CN(C[C@@H](COc1cccc2[nH]ccc12)OC(=O)CCC(=O)O)C1C2CC3CC(C2)CC1C3. The second-order valence-corrected chi connectivity index (χ2v) is 10.4. The van der Waals surface area contributed by atoms with Crippen molar-refractivity contribution in [2.75, 3.05) is 20.2 Å². The highest BCUT2D eigenvalue weighted by Crippen LogP contribution is 2.55. The number of nitrogens with zero attached hydrogens (tertiary/aromatic N) is 1. The number of esters is 1. The van der Waals surface area contributed by atoms with Crippen LogP contribution in [0.5, 0.6) is 5.75 Å². The number of carbonyl (C=O) groups excluding carboxylic acids is 1. The van der Waals surface area contributed by atoms with E-state index in [1.165, 1.54) is 32.1 Å². The van der Waals surface area contributed by atoms with E-state index in [0.29, 0.717) is 12.6 Å². The molecule has 4 saturated carbocycles. The van der Waals surface area contributed by atoms with Crippen molar-refractivity contribution in [3.8, 4) is 5.75 Å². The highest BCUT2D eigenvalue weighted by Gasteiger charge is 2.49. The molecule has 0 unspecified atom stereocenters. The molecule has 0 aliphatic heterocycles. The second-order valence-electron chi connectivity index (χ2n) is 10.4. The summed E-state index contributed by atoms with van der Waals surface area (Å²) in [6, 6.07) is 8.35. The summed E-state index contributed by atoms with van der Waals surface area (Å²) in [7, 11) is 2.15. The van der Waals surface area contributed by atoms with E-state index in [4.69, 9.17) is 14.6 Å². The minimum absolute atomic E-state index is 0.124. The van der Waals surface area contributed by atoms with Crippen molar-refractivity contribution in [1.82, 2.24) is 9.88 Å². The quantitative estimate of drug-likeness (QED) is 0.526. The van der Waals surface area contributed by atoms with Gasteiger partial charge in [-0.15, -0.1) is 0 Å². The number of ether oxygens (including phenoxy) is 2. The molecule has 4 fully saturated rings. The third-order valence-corrected chi connectivity index (χ3v) is 8.00. The first-order chi connectivity index (χ1) is 16.0. The van der Waals surface area contributed by atoms with E-state index in [0.717, 1.165) is 40.3 Å². The molecule has 4 bridgehead atoms. The number of aromatic nitrogens is 1. The lowest BCUT2D eigenvalue weighted by Gasteiger charge is -2.57. The molecule has 6 rings (SSSR count). The van der Waals surface area contributed by atoms with Crippen molar-refractivity contribution >= 4 is 22.8 Å². The van der Waals surface area contributed by atoms with Crippen molar-refractivity contribution in [3.63, 3.8) is 0 Å². The van der Waals surface area contributed by atoms with Crippen LogP contribution in [0.3, 0.4) is 0 Å². The molecule has 1 aromatic heterocycles. The standard InChI is InChI=1S/C26H34N2O5/c1-28(26-18-10-16-9-17(12-18)13-19(26)11-16)14-20(33-25(31)6-5-24(29)30)15-32-23-4-2-3-22-21(23)7-8-27-22/h2-4,7-8,16-20,26-27H,5-6,9-15H2,1H3,(H,29,30)/t16?,17?,18?,19?,20-,26?/m0/s1. The Morgan fingerprint density at radius 3 is 2.52 bits per heavy atom. The summed E-state index contributed by atoms with van der Waals surface area (Å²) in [5.41, 5.74) is 0.994. The number of hydrogen-bond acceptors (Lipinski definition) is 5. The van der Waals surface area contributed by atoms with Gasteiger partial charge in [-0.05, 0) is 81.0 Å². The van der Waals surface area contributed by atoms with E-state index in [2.05, 4.69) is 16.9 Å². The lowest BCUT2D eigenvalue weighted by Crippen LogP contribution is -2.56. The van der Waals surface area contributed by atoms with Gasteiger partial charge in [0.15, 0.2) is 0 Å². The number of likely N-dealkylation sites (N-methyl/N-ethyl adjacent to an activating group) is 1. The zero-order valence-corrected chi connectivity index (χ0v) is 19.2. The van der Waals surface area contributed by atoms with Gasteiger partial charge in [-0.3, -0.25) is 14.5 Å². The first kappa shape index (κ1) is 22.3. The third kappa shape index (κ3) is 4.88. The summed E-state index contributed by atoms with van der Waals surface area (Å²) in [5.74, 6) is 2.57. The van der Waals surface area contributed by atoms with E-state index in [1.54, 1.807) is 0 Å². The Morgan fingerprint density at radius 1 is 1.09 bits per heavy atom. The van der Waals surface area contributed by atoms with Crippen molar-refractivity contribution in [2.45, 2.75) is 57.1 Å². The Kier molecular flexibility index (Phi) is 6.32. The summed E-state index contributed by atoms with van der Waals surface area (Å²) in [5, 5.41) is 9.91. The molecule has 1 heterocycles. The predicted octanol–water partition coefficient (Wildman–Crippen LogP) is 4.08. The van der Waals surface area contributed by atoms with Gasteiger partial charge in [0.25, 0.3) is 0 Å². The zero-order chi connectivity index (χ0) is 22.9. The number of aromatic amines is 1. The van der Waals surface area contributed by atoms with Crippen LogP contribution in [-0.4, -0.2) is 59.3 Å². The average molecular weight is 455 g/mol. The summed E-state index contributed by atoms with van der Waals surface area (Å²) in [6.45, 7) is 0.829. The van der Waals surface area contributed by atoms with Crippen LogP contribution in [0.2, 0.25) is 0 Å². The summed E-state index contributed by atoms with van der Waals surface area (Å²) < 4.78 is 11.9. The maximum absolute atomic E-state index is 12.4. The van der Waals surface area contributed by atoms with Gasteiger partial charge in [-0.1, -0.05) is 6.07 Å². The largest absolute Gasteiger partial charge is 0.489 e. The number of carboxylic acid groups (broad SMARTS) is 1. The number of carboxylic acids is 1. The van der Waals surface area contributed by atoms with Gasteiger partial charge in [0, 0.05) is 29.7 Å². The van der Waals surface area contributed by atoms with E-state index < -0.39 is 18.0 Å². The minimum atomic E-state index is -0.996. The molecule has 4 aliphatic carbocycles. The number of hydrogen-bond donors (Lipinski definition) is 2. The molecule has 2 aromatic rings. The normalized spacial score (nSPS) is 28.8. The zero-order valence-electron chi connectivity index (χ0n) is 19.2. The molecule has 0 amide bonds. The molecule has 33 heavy (non-hydrogen) atoms. The first-order valence-electron chi connectivity index (χ1n) is 12.3. The first-order valence-corrected chi connectivity index (χ1v) is 12.3. The topological polar surface area (TPSA) is 91.9 Å². The van der Waals surface area contributed by atoms with E-state index in [1.807, 2.05) is 30.5 Å². The van der Waals surface area contributed by atoms with Crippen molar-refractivity contribution < 1.29 is 24.2 Å². The predicted molar refractivity (Wildman–Crippen MR) is 124 cm³/mol. The van der Waals surface area contributed by atoms with Crippen LogP contribution in [0.1, 0.15) is 44.9 Å². The lowest BCUT2D eigenvalue weighted by molar-refractivity contribution is -0.155. The Hall–Kier alpha value is -2.54. The second kappa shape index (κ2) is 9.37. The molecule has 178 valence electrons. The Bertz CT molecular complexity index is 973. The number of nitrogens with one attached hydrogen (secondary N) is 1. The van der Waals surface area contributed by atoms with Crippen molar-refractivity contribution in [3.05, 3.63) is 30.5 Å². The van der Waals surface area contributed by atoms with Crippen LogP contribution in [0.15, 0.2) is 30.5 Å². The summed E-state index contributed by atoms with van der Waals surface area (Å²) in [6.07, 6.45) is 7.82. The number of fused-ring (bicyclic) bond motifs is 1. The number of rotatable bonds is 10. The van der Waals surface area contributed by atoms with E-state index in [-0.39, 0.29) is 19.4 Å². The molecule has 7 heteroatoms. The van der Waals surface area contributed by atoms with Gasteiger partial charge in [-0.2, -0.15) is 0 Å². The summed E-state index contributed by atoms with van der Waals surface area (Å²) in [4.78, 5) is 28.8. The monoisotopic (exact) mass is 454 g/mol. The highest BCUT2D eigenvalue weighted by molar-refractivity contribution is 5.85. The fourth-order valence-corrected chi connectivity index (χ4v) is 7.00. The van der Waals surface area contributed by atoms with Crippen LogP contribution in [0.4, 0.5) is 0 Å². The van der Waals surface area contributed by atoms with Gasteiger partial charge < -0.3 is 19.6 Å². The number of aliphatic carboxylic acids is 1.